The molecule has 2 amide bonds. The van der Waals surface area contributed by atoms with Gasteiger partial charge in [-0.25, -0.2) is 18.3 Å². The van der Waals surface area contributed by atoms with Crippen LogP contribution < -0.4 is 4.90 Å². The molecule has 2 heterocycles. The number of carbonyl (C=O) groups is 2. The average molecular weight is 522 g/mol. The van der Waals surface area contributed by atoms with Crippen LogP contribution >= 0.6 is 11.6 Å². The van der Waals surface area contributed by atoms with Gasteiger partial charge in [0, 0.05) is 16.6 Å². The standard InChI is InChI=1S/C26H20ClN3O5S/c27-17-7-13-20(14-8-17)36(33,34)30(19-11-12-19)22-15-24(31)29(26(22)32)18-9-5-16(6-10-18)25-28-21-3-1-2-4-23(21)35-25/h1-10,13-14,19,22H,11-12,15H2. The highest BCUT2D eigenvalue weighted by atomic mass is 35.5. The molecule has 1 aliphatic heterocycles. The van der Waals surface area contributed by atoms with Crippen molar-refractivity contribution in [1.82, 2.24) is 9.29 Å². The molecule has 3 aromatic carbocycles. The van der Waals surface area contributed by atoms with Crippen molar-refractivity contribution >= 4 is 50.2 Å². The predicted molar refractivity (Wildman–Crippen MR) is 134 cm³/mol. The van der Waals surface area contributed by atoms with E-state index in [0.29, 0.717) is 40.6 Å². The largest absolute Gasteiger partial charge is 0.436 e. The number of oxazole rings is 1. The number of aromatic nitrogens is 1. The lowest BCUT2D eigenvalue weighted by Gasteiger charge is -2.26. The summed E-state index contributed by atoms with van der Waals surface area (Å²) in [6.07, 6.45) is 1.07. The van der Waals surface area contributed by atoms with Gasteiger partial charge in [-0.3, -0.25) is 9.59 Å². The third-order valence-corrected chi connectivity index (χ3v) is 8.62. The van der Waals surface area contributed by atoms with Gasteiger partial charge in [0.05, 0.1) is 17.0 Å². The summed E-state index contributed by atoms with van der Waals surface area (Å²) >= 11 is 5.92. The van der Waals surface area contributed by atoms with E-state index in [1.807, 2.05) is 24.3 Å². The van der Waals surface area contributed by atoms with Gasteiger partial charge in [0.2, 0.25) is 21.8 Å². The van der Waals surface area contributed by atoms with E-state index in [1.54, 1.807) is 24.3 Å². The lowest BCUT2D eigenvalue weighted by molar-refractivity contribution is -0.122. The molecule has 36 heavy (non-hydrogen) atoms. The second-order valence-electron chi connectivity index (χ2n) is 8.84. The number of carbonyl (C=O) groups excluding carboxylic acids is 2. The Hall–Kier alpha value is -3.53. The number of sulfonamides is 1. The fourth-order valence-corrected chi connectivity index (χ4v) is 6.46. The summed E-state index contributed by atoms with van der Waals surface area (Å²) in [5.74, 6) is -0.579. The van der Waals surface area contributed by atoms with Crippen molar-refractivity contribution in [2.75, 3.05) is 4.90 Å². The third-order valence-electron chi connectivity index (χ3n) is 6.39. The Balaban J connectivity index is 1.29. The van der Waals surface area contributed by atoms with E-state index < -0.39 is 27.9 Å². The van der Waals surface area contributed by atoms with Crippen molar-refractivity contribution in [2.24, 2.45) is 0 Å². The molecular formula is C26H20ClN3O5S. The summed E-state index contributed by atoms with van der Waals surface area (Å²) in [7, 11) is -4.00. The first-order chi connectivity index (χ1) is 17.3. The Morgan fingerprint density at radius 3 is 2.31 bits per heavy atom. The highest BCUT2D eigenvalue weighted by Crippen LogP contribution is 2.38. The number of hydrogen-bond acceptors (Lipinski definition) is 6. The molecule has 1 aromatic heterocycles. The van der Waals surface area contributed by atoms with Gasteiger partial charge >= 0.3 is 0 Å². The smallest absolute Gasteiger partial charge is 0.252 e. The van der Waals surface area contributed by atoms with Crippen LogP contribution in [0.25, 0.3) is 22.6 Å². The van der Waals surface area contributed by atoms with Crippen LogP contribution in [0, 0.1) is 0 Å². The minimum atomic E-state index is -4.00. The molecule has 1 saturated carbocycles. The summed E-state index contributed by atoms with van der Waals surface area (Å²) in [6.45, 7) is 0. The molecule has 0 N–H and O–H groups in total. The topological polar surface area (TPSA) is 101 Å². The van der Waals surface area contributed by atoms with E-state index in [0.717, 1.165) is 10.4 Å². The number of para-hydroxylation sites is 2. The summed E-state index contributed by atoms with van der Waals surface area (Å²) in [5, 5.41) is 0.409. The number of hydrogen-bond donors (Lipinski definition) is 0. The van der Waals surface area contributed by atoms with Gasteiger partial charge < -0.3 is 4.42 Å². The van der Waals surface area contributed by atoms with Crippen molar-refractivity contribution in [3.63, 3.8) is 0 Å². The zero-order chi connectivity index (χ0) is 25.0. The van der Waals surface area contributed by atoms with Gasteiger partial charge in [-0.1, -0.05) is 23.7 Å². The molecule has 1 atom stereocenters. The molecule has 182 valence electrons. The van der Waals surface area contributed by atoms with Crippen molar-refractivity contribution < 1.29 is 22.4 Å². The number of nitrogens with zero attached hydrogens (tertiary/aromatic N) is 3. The molecule has 2 aliphatic rings. The lowest BCUT2D eigenvalue weighted by Crippen LogP contribution is -2.46. The van der Waals surface area contributed by atoms with Crippen LogP contribution in [0.5, 0.6) is 0 Å². The average Bonchev–Trinajstić information content (AvgIpc) is 3.52. The van der Waals surface area contributed by atoms with E-state index in [1.165, 1.54) is 28.6 Å². The second kappa shape index (κ2) is 8.55. The zero-order valence-electron chi connectivity index (χ0n) is 18.9. The van der Waals surface area contributed by atoms with Crippen molar-refractivity contribution in [3.05, 3.63) is 77.8 Å². The molecule has 8 nitrogen and oxygen atoms in total. The Morgan fingerprint density at radius 1 is 0.944 bits per heavy atom. The Labute approximate surface area is 212 Å². The highest BCUT2D eigenvalue weighted by Gasteiger charge is 2.51. The molecule has 1 saturated heterocycles. The SMILES string of the molecule is O=C1CC(N(C2CC2)S(=O)(=O)c2ccc(Cl)cc2)C(=O)N1c1ccc(-c2nc3ccccc3o2)cc1. The number of anilines is 1. The fraction of sp³-hybridized carbons (Fsp3) is 0.192. The van der Waals surface area contributed by atoms with Crippen LogP contribution in [0.3, 0.4) is 0 Å². The van der Waals surface area contributed by atoms with Crippen LogP contribution in [0.2, 0.25) is 5.02 Å². The summed E-state index contributed by atoms with van der Waals surface area (Å²) in [5.41, 5.74) is 2.44. The minimum Gasteiger partial charge on any atom is -0.436 e. The molecule has 0 radical (unpaired) electrons. The maximum atomic E-state index is 13.5. The number of amides is 2. The second-order valence-corrected chi connectivity index (χ2v) is 11.1. The van der Waals surface area contributed by atoms with Gasteiger partial charge in [-0.05, 0) is 73.5 Å². The molecule has 1 unspecified atom stereocenters. The van der Waals surface area contributed by atoms with Gasteiger partial charge in [0.25, 0.3) is 5.91 Å². The van der Waals surface area contributed by atoms with E-state index in [9.17, 15) is 18.0 Å². The van der Waals surface area contributed by atoms with Gasteiger partial charge in [-0.2, -0.15) is 4.31 Å². The first kappa shape index (κ1) is 22.9. The Bertz CT molecular complexity index is 1560. The van der Waals surface area contributed by atoms with E-state index >= 15 is 0 Å². The maximum Gasteiger partial charge on any atom is 0.252 e. The van der Waals surface area contributed by atoms with Gasteiger partial charge in [-0.15, -0.1) is 0 Å². The number of rotatable bonds is 6. The highest BCUT2D eigenvalue weighted by molar-refractivity contribution is 7.89. The molecule has 10 heteroatoms. The van der Waals surface area contributed by atoms with Crippen LogP contribution in [0.1, 0.15) is 19.3 Å². The Kier molecular flexibility index (Phi) is 5.44. The molecule has 0 bridgehead atoms. The Morgan fingerprint density at radius 2 is 1.64 bits per heavy atom. The first-order valence-electron chi connectivity index (χ1n) is 11.4. The molecule has 0 spiro atoms. The number of imide groups is 1. The fourth-order valence-electron chi connectivity index (χ4n) is 4.51. The molecule has 4 aromatic rings. The van der Waals surface area contributed by atoms with Crippen LogP contribution in [0.4, 0.5) is 5.69 Å². The van der Waals surface area contributed by atoms with Crippen LogP contribution in [0.15, 0.2) is 82.1 Å². The lowest BCUT2D eigenvalue weighted by atomic mass is 10.2. The zero-order valence-corrected chi connectivity index (χ0v) is 20.4. The monoisotopic (exact) mass is 521 g/mol. The normalized spacial score (nSPS) is 18.5. The molecule has 6 rings (SSSR count). The number of fused-ring (bicyclic) bond motifs is 1. The molecular weight excluding hydrogens is 502 g/mol. The van der Waals surface area contributed by atoms with E-state index in [4.69, 9.17) is 16.0 Å². The van der Waals surface area contributed by atoms with Crippen molar-refractivity contribution in [1.29, 1.82) is 0 Å². The van der Waals surface area contributed by atoms with E-state index in [-0.39, 0.29) is 17.4 Å². The number of benzene rings is 3. The van der Waals surface area contributed by atoms with Crippen LogP contribution in [-0.2, 0) is 19.6 Å². The summed E-state index contributed by atoms with van der Waals surface area (Å²) in [6, 6.07) is 18.5. The quantitative estimate of drug-likeness (QED) is 0.343. The van der Waals surface area contributed by atoms with Crippen molar-refractivity contribution in [2.45, 2.75) is 36.2 Å². The van der Waals surface area contributed by atoms with Crippen molar-refractivity contribution in [3.8, 4) is 11.5 Å². The van der Waals surface area contributed by atoms with Gasteiger partial charge in [0.1, 0.15) is 11.6 Å². The maximum absolute atomic E-state index is 13.5. The summed E-state index contributed by atoms with van der Waals surface area (Å²) < 4.78 is 33.9. The molecule has 1 aliphatic carbocycles. The van der Waals surface area contributed by atoms with Gasteiger partial charge in [0.15, 0.2) is 5.58 Å². The third kappa shape index (κ3) is 3.89. The van der Waals surface area contributed by atoms with E-state index in [2.05, 4.69) is 4.98 Å². The molecule has 2 fully saturated rings. The first-order valence-corrected chi connectivity index (χ1v) is 13.3. The summed E-state index contributed by atoms with van der Waals surface area (Å²) in [4.78, 5) is 32.0. The predicted octanol–water partition coefficient (Wildman–Crippen LogP) is 4.63. The van der Waals surface area contributed by atoms with Crippen LogP contribution in [-0.4, -0.2) is 41.6 Å². The number of halogens is 1. The minimum absolute atomic E-state index is 0.0418.